The number of amides is 1. The van der Waals surface area contributed by atoms with E-state index < -0.39 is 27.4 Å². The van der Waals surface area contributed by atoms with Gasteiger partial charge < -0.3 is 9.47 Å². The number of likely N-dealkylation sites (tertiary alicyclic amines) is 1. The fraction of sp³-hybridized carbons (Fsp3) is 0.522. The molecule has 1 aromatic heterocycles. The average Bonchev–Trinajstić information content (AvgIpc) is 3.48. The Morgan fingerprint density at radius 2 is 1.68 bits per heavy atom. The number of benzene rings is 1. The van der Waals surface area contributed by atoms with Crippen LogP contribution < -0.4 is 4.72 Å². The highest BCUT2D eigenvalue weighted by Crippen LogP contribution is 2.44. The maximum atomic E-state index is 13.5. The van der Waals surface area contributed by atoms with Crippen LogP contribution in [0.3, 0.4) is 0 Å². The van der Waals surface area contributed by atoms with Gasteiger partial charge in [0.15, 0.2) is 0 Å². The topological polar surface area (TPSA) is 74.6 Å². The van der Waals surface area contributed by atoms with Crippen LogP contribution in [0.15, 0.2) is 41.3 Å². The van der Waals surface area contributed by atoms with Crippen molar-refractivity contribution in [3.8, 4) is 0 Å². The number of carbonyl (C=O) groups excluding carboxylic acids is 1. The molecule has 3 heterocycles. The van der Waals surface area contributed by atoms with Crippen molar-refractivity contribution < 1.29 is 27.8 Å². The van der Waals surface area contributed by atoms with E-state index in [9.17, 15) is 26.4 Å². The Morgan fingerprint density at radius 1 is 1.03 bits per heavy atom. The van der Waals surface area contributed by atoms with Crippen LogP contribution in [-0.4, -0.2) is 61.4 Å². The van der Waals surface area contributed by atoms with Crippen molar-refractivity contribution in [3.63, 3.8) is 0 Å². The van der Waals surface area contributed by atoms with Gasteiger partial charge in [-0.15, -0.1) is 0 Å². The highest BCUT2D eigenvalue weighted by atomic mass is 32.2. The van der Waals surface area contributed by atoms with Crippen molar-refractivity contribution in [1.29, 1.82) is 0 Å². The molecule has 34 heavy (non-hydrogen) atoms. The number of rotatable bonds is 4. The van der Waals surface area contributed by atoms with E-state index in [1.54, 1.807) is 11.0 Å². The molecule has 3 aliphatic rings. The van der Waals surface area contributed by atoms with Crippen LogP contribution in [-0.2, 0) is 28.3 Å². The quantitative estimate of drug-likeness (QED) is 0.702. The number of fused-ring (bicyclic) bond motifs is 2. The molecule has 1 spiro atoms. The first-order valence-corrected chi connectivity index (χ1v) is 12.9. The Kier molecular flexibility index (Phi) is 5.57. The van der Waals surface area contributed by atoms with Gasteiger partial charge in [-0.2, -0.15) is 13.2 Å². The van der Waals surface area contributed by atoms with E-state index in [1.165, 1.54) is 28.8 Å². The number of hydrogen-bond donors (Lipinski definition) is 1. The summed E-state index contributed by atoms with van der Waals surface area (Å²) in [6, 6.07) is 8.63. The van der Waals surface area contributed by atoms with E-state index in [2.05, 4.69) is 9.62 Å². The molecule has 1 amide bonds. The van der Waals surface area contributed by atoms with E-state index in [0.29, 0.717) is 43.7 Å². The lowest BCUT2D eigenvalue weighted by atomic mass is 9.81. The Morgan fingerprint density at radius 3 is 2.26 bits per heavy atom. The fourth-order valence-corrected chi connectivity index (χ4v) is 6.49. The van der Waals surface area contributed by atoms with Crippen LogP contribution in [0.4, 0.5) is 13.2 Å². The summed E-state index contributed by atoms with van der Waals surface area (Å²) in [5.74, 6) is -0.209. The lowest BCUT2D eigenvalue weighted by molar-refractivity contribution is -0.144. The summed E-state index contributed by atoms with van der Waals surface area (Å²) in [4.78, 5) is 17.0. The van der Waals surface area contributed by atoms with E-state index in [4.69, 9.17) is 0 Å². The lowest BCUT2D eigenvalue weighted by Crippen LogP contribution is -2.56. The highest BCUT2D eigenvalue weighted by Gasteiger charge is 2.47. The van der Waals surface area contributed by atoms with Gasteiger partial charge in [-0.05, 0) is 69.1 Å². The van der Waals surface area contributed by atoms with Crippen molar-refractivity contribution in [2.24, 2.45) is 0 Å². The Bertz CT molecular complexity index is 1200. The Balaban J connectivity index is 0.00000289. The molecule has 1 saturated heterocycles. The molecule has 1 aliphatic carbocycles. The second-order valence-electron chi connectivity index (χ2n) is 9.42. The third-order valence-electron chi connectivity index (χ3n) is 7.33. The second-order valence-corrected chi connectivity index (χ2v) is 11.1. The van der Waals surface area contributed by atoms with E-state index in [0.717, 1.165) is 18.9 Å². The van der Waals surface area contributed by atoms with Gasteiger partial charge in [-0.3, -0.25) is 9.69 Å². The Hall–Kier alpha value is -2.37. The van der Waals surface area contributed by atoms with Crippen LogP contribution in [0.1, 0.15) is 48.9 Å². The van der Waals surface area contributed by atoms with Gasteiger partial charge >= 0.3 is 6.18 Å². The second kappa shape index (κ2) is 8.10. The number of piperidine rings is 1. The molecule has 1 saturated carbocycles. The number of sulfonamides is 1. The summed E-state index contributed by atoms with van der Waals surface area (Å²) in [5.41, 5.74) is -0.135. The van der Waals surface area contributed by atoms with Crippen molar-refractivity contribution in [1.82, 2.24) is 19.1 Å². The fourth-order valence-electron chi connectivity index (χ4n) is 5.19. The van der Waals surface area contributed by atoms with Gasteiger partial charge in [0.05, 0.1) is 10.4 Å². The first kappa shape index (κ1) is 23.4. The third kappa shape index (κ3) is 4.03. The maximum Gasteiger partial charge on any atom is 0.431 e. The molecule has 0 bridgehead atoms. The van der Waals surface area contributed by atoms with Gasteiger partial charge in [0.25, 0.3) is 5.91 Å². The Labute approximate surface area is 198 Å². The summed E-state index contributed by atoms with van der Waals surface area (Å²) in [6.07, 6.45) is -1.68. The van der Waals surface area contributed by atoms with Crippen LogP contribution in [0.5, 0.6) is 0 Å². The number of carbonyl (C=O) groups is 1. The van der Waals surface area contributed by atoms with Crippen molar-refractivity contribution in [2.45, 2.75) is 54.9 Å². The first-order valence-electron chi connectivity index (χ1n) is 11.4. The number of nitrogens with one attached hydrogen (secondary N) is 1. The van der Waals surface area contributed by atoms with E-state index >= 15 is 0 Å². The van der Waals surface area contributed by atoms with Crippen LogP contribution in [0.2, 0.25) is 0 Å². The predicted molar refractivity (Wildman–Crippen MR) is 121 cm³/mol. The summed E-state index contributed by atoms with van der Waals surface area (Å²) >= 11 is 0. The predicted octanol–water partition coefficient (Wildman–Crippen LogP) is 3.27. The first-order chi connectivity index (χ1) is 16.0. The summed E-state index contributed by atoms with van der Waals surface area (Å²) < 4.78 is 69.1. The number of aromatic nitrogens is 1. The molecule has 5 rings (SSSR count). The van der Waals surface area contributed by atoms with Gasteiger partial charge in [0.2, 0.25) is 10.0 Å². The molecule has 2 aliphatic heterocycles. The third-order valence-corrected chi connectivity index (χ3v) is 8.86. The number of nitrogens with zero attached hydrogens (tertiary/aromatic N) is 3. The monoisotopic (exact) mass is 498 g/mol. The number of hydrogen-bond acceptors (Lipinski definition) is 4. The molecule has 0 unspecified atom stereocenters. The molecule has 0 atom stereocenters. The zero-order valence-corrected chi connectivity index (χ0v) is 19.6. The van der Waals surface area contributed by atoms with Gasteiger partial charge in [-0.25, -0.2) is 13.1 Å². The summed E-state index contributed by atoms with van der Waals surface area (Å²) in [6.45, 7) is 1.59. The van der Waals surface area contributed by atoms with Gasteiger partial charge in [-0.1, -0.05) is 0 Å². The molecule has 186 valence electrons. The zero-order chi connectivity index (χ0) is 24.3. The van der Waals surface area contributed by atoms with E-state index in [-0.39, 0.29) is 24.8 Å². The number of alkyl halides is 3. The maximum absolute atomic E-state index is 13.5. The highest BCUT2D eigenvalue weighted by molar-refractivity contribution is 7.89. The zero-order valence-electron chi connectivity index (χ0n) is 18.8. The van der Waals surface area contributed by atoms with E-state index in [1.807, 2.05) is 7.05 Å². The van der Waals surface area contributed by atoms with Crippen molar-refractivity contribution in [3.05, 3.63) is 53.3 Å². The summed E-state index contributed by atoms with van der Waals surface area (Å²) in [7, 11) is -1.66. The lowest BCUT2D eigenvalue weighted by Gasteiger charge is -2.50. The largest absolute Gasteiger partial charge is 0.431 e. The molecule has 2 aromatic rings. The minimum absolute atomic E-state index is 0. The van der Waals surface area contributed by atoms with Gasteiger partial charge in [0, 0.05) is 44.9 Å². The smallest absolute Gasteiger partial charge is 0.338 e. The van der Waals surface area contributed by atoms with Crippen LogP contribution in [0, 0.1) is 0 Å². The summed E-state index contributed by atoms with van der Waals surface area (Å²) in [5, 5.41) is 0. The molecule has 1 N–H and O–H groups in total. The number of likely N-dealkylation sites (N-methyl/N-ethyl adjacent to an activating group) is 1. The van der Waals surface area contributed by atoms with Gasteiger partial charge in [0.1, 0.15) is 5.69 Å². The van der Waals surface area contributed by atoms with Crippen LogP contribution >= 0.6 is 0 Å². The molecule has 11 heteroatoms. The molecular weight excluding hydrogens is 469 g/mol. The minimum atomic E-state index is -4.40. The molecule has 2 fully saturated rings. The van der Waals surface area contributed by atoms with Crippen LogP contribution in [0.25, 0.3) is 0 Å². The van der Waals surface area contributed by atoms with Crippen molar-refractivity contribution in [2.75, 3.05) is 26.7 Å². The average molecular weight is 499 g/mol. The van der Waals surface area contributed by atoms with Crippen molar-refractivity contribution >= 4 is 15.9 Å². The molecule has 7 nitrogen and oxygen atoms in total. The minimum Gasteiger partial charge on any atom is -0.338 e. The SMILES string of the molecule is CN1CCn2c(C(F)(F)F)ccc2C12CCN(C(=O)c1ccc(S(=O)(=O)NC3CC3)cc1)CC2.[HH]. The molecule has 1 aromatic carbocycles. The normalized spacial score (nSPS) is 21.0. The molecular formula is C23H29F3N4O3S. The molecule has 0 radical (unpaired) electrons. The standard InChI is InChI=1S/C23H27F3N4O3S.H2/c1-28-14-15-30-19(8-9-20(30)23(24,25)26)22(28)10-12-29(13-11-22)21(31)16-2-6-18(7-3-16)34(32,33)27-17-4-5-17;/h2-3,6-9,17,27H,4-5,10-15H2,1H3;1H. The number of halogens is 3.